The Bertz CT molecular complexity index is 788. The van der Waals surface area contributed by atoms with Gasteiger partial charge in [0.25, 0.3) is 5.91 Å². The molecule has 1 aliphatic heterocycles. The number of carbonyl (C=O) groups is 1. The maximum Gasteiger partial charge on any atom is 0.461 e. The van der Waals surface area contributed by atoms with Crippen molar-refractivity contribution in [2.45, 2.75) is 22.2 Å². The molecule has 0 atom stereocenters. The zero-order chi connectivity index (χ0) is 18.6. The highest BCUT2D eigenvalue weighted by molar-refractivity contribution is 7.92. The molecule has 0 unspecified atom stereocenters. The summed E-state index contributed by atoms with van der Waals surface area (Å²) in [5.41, 5.74) is -0.460. The van der Waals surface area contributed by atoms with Gasteiger partial charge >= 0.3 is 17.4 Å². The summed E-state index contributed by atoms with van der Waals surface area (Å²) in [6, 6.07) is 1.41. The van der Waals surface area contributed by atoms with Crippen LogP contribution in [0.5, 0.6) is 5.75 Å². The molecule has 1 aromatic rings. The normalized spacial score (nSPS) is 16.2. The Morgan fingerprint density at radius 2 is 1.62 bits per heavy atom. The predicted octanol–water partition coefficient (Wildman–Crippen LogP) is 2.58. The fraction of sp³-hybridized carbons (Fsp3) is 0.364. The van der Waals surface area contributed by atoms with Gasteiger partial charge in [-0.1, -0.05) is 0 Å². The highest BCUT2D eigenvalue weighted by atomic mass is 32.2. The molecule has 1 aliphatic rings. The third-order valence-electron chi connectivity index (χ3n) is 2.95. The van der Waals surface area contributed by atoms with Crippen LogP contribution in [0.4, 0.5) is 36.4 Å². The number of ether oxygens (including phenoxy) is 1. The van der Waals surface area contributed by atoms with Gasteiger partial charge in [-0.3, -0.25) is 4.79 Å². The predicted molar refractivity (Wildman–Crippen MR) is 63.7 cm³/mol. The molecule has 134 valence electrons. The molecule has 2 rings (SSSR count). The Balaban J connectivity index is 2.55. The van der Waals surface area contributed by atoms with Crippen LogP contribution in [0.3, 0.4) is 0 Å². The van der Waals surface area contributed by atoms with Gasteiger partial charge in [0.1, 0.15) is 5.75 Å². The van der Waals surface area contributed by atoms with Gasteiger partial charge in [-0.05, 0) is 18.2 Å². The first kappa shape index (κ1) is 18.3. The summed E-state index contributed by atoms with van der Waals surface area (Å²) in [4.78, 5) is 9.53. The van der Waals surface area contributed by atoms with E-state index in [1.54, 1.807) is 0 Å². The quantitative estimate of drug-likeness (QED) is 0.817. The summed E-state index contributed by atoms with van der Waals surface area (Å²) in [6.45, 7) is -0.471. The first-order valence-corrected chi connectivity index (χ1v) is 7.34. The lowest BCUT2D eigenvalue weighted by molar-refractivity contribution is -0.332. The van der Waals surface area contributed by atoms with Crippen LogP contribution >= 0.6 is 0 Å². The fourth-order valence-electron chi connectivity index (χ4n) is 1.71. The summed E-state index contributed by atoms with van der Waals surface area (Å²) >= 11 is 0. The molecule has 0 aliphatic carbocycles. The second kappa shape index (κ2) is 5.22. The molecule has 0 spiro atoms. The van der Waals surface area contributed by atoms with Crippen LogP contribution < -0.4 is 10.1 Å². The van der Waals surface area contributed by atoms with Crippen molar-refractivity contribution in [3.63, 3.8) is 0 Å². The molecule has 0 fully saturated rings. The molecule has 24 heavy (non-hydrogen) atoms. The zero-order valence-electron chi connectivity index (χ0n) is 11.1. The molecule has 0 aromatic heterocycles. The minimum Gasteiger partial charge on any atom is -0.482 e. The molecule has 0 saturated carbocycles. The number of amides is 1. The van der Waals surface area contributed by atoms with Crippen LogP contribution in [0.2, 0.25) is 0 Å². The van der Waals surface area contributed by atoms with Gasteiger partial charge in [0.2, 0.25) is 9.84 Å². The number of alkyl halides is 7. The van der Waals surface area contributed by atoms with Gasteiger partial charge in [0.15, 0.2) is 6.61 Å². The highest BCUT2D eigenvalue weighted by Gasteiger charge is 2.78. The van der Waals surface area contributed by atoms with Gasteiger partial charge in [0.05, 0.1) is 10.6 Å². The first-order valence-electron chi connectivity index (χ1n) is 5.85. The largest absolute Gasteiger partial charge is 0.482 e. The average molecular weight is 381 g/mol. The minimum atomic E-state index is -6.82. The lowest BCUT2D eigenvalue weighted by Gasteiger charge is -2.28. The number of nitrogens with one attached hydrogen (secondary N) is 1. The number of hydrogen-bond acceptors (Lipinski definition) is 4. The summed E-state index contributed by atoms with van der Waals surface area (Å²) in [6.07, 6.45) is -6.80. The Hall–Kier alpha value is -2.05. The van der Waals surface area contributed by atoms with Crippen molar-refractivity contribution in [3.05, 3.63) is 18.2 Å². The van der Waals surface area contributed by atoms with Crippen molar-refractivity contribution in [1.29, 1.82) is 0 Å². The number of anilines is 1. The molecule has 13 heteroatoms. The Labute approximate surface area is 129 Å². The fourth-order valence-corrected chi connectivity index (χ4v) is 2.98. The Kier molecular flexibility index (Phi) is 3.98. The van der Waals surface area contributed by atoms with Gasteiger partial charge in [0, 0.05) is 0 Å². The van der Waals surface area contributed by atoms with Gasteiger partial charge in [-0.25, -0.2) is 8.42 Å². The topological polar surface area (TPSA) is 72.5 Å². The van der Waals surface area contributed by atoms with Gasteiger partial charge in [-0.2, -0.15) is 30.7 Å². The third kappa shape index (κ3) is 2.56. The first-order chi connectivity index (χ1) is 10.7. The number of fused-ring (bicyclic) bond motifs is 1. The van der Waals surface area contributed by atoms with Crippen LogP contribution in [0, 0.1) is 0 Å². The average Bonchev–Trinajstić information content (AvgIpc) is 2.44. The van der Waals surface area contributed by atoms with E-state index in [0.717, 1.165) is 6.07 Å². The number of sulfone groups is 1. The van der Waals surface area contributed by atoms with Crippen molar-refractivity contribution < 1.29 is 48.7 Å². The van der Waals surface area contributed by atoms with Crippen molar-refractivity contribution >= 4 is 21.4 Å². The molecule has 0 bridgehead atoms. The molecule has 1 aromatic carbocycles. The third-order valence-corrected chi connectivity index (χ3v) is 4.76. The van der Waals surface area contributed by atoms with Crippen LogP contribution in [0.15, 0.2) is 23.1 Å². The molecular formula is C11H6F7NO4S. The van der Waals surface area contributed by atoms with E-state index in [2.05, 4.69) is 0 Å². The van der Waals surface area contributed by atoms with Crippen molar-refractivity contribution in [2.75, 3.05) is 11.9 Å². The molecular weight excluding hydrogens is 375 g/mol. The summed E-state index contributed by atoms with van der Waals surface area (Å²) < 4.78 is 117. The SMILES string of the molecule is O=C1COc2ccc(S(=O)(=O)C(F)(F)C(F)(F)C(F)(F)F)cc2N1. The molecule has 1 N–H and O–H groups in total. The summed E-state index contributed by atoms with van der Waals surface area (Å²) in [5, 5.41) is -4.46. The standard InChI is InChI=1S/C11H6F7NO4S/c12-9(13,10(14,15)16)11(17,18)24(21,22)5-1-2-7-6(3-5)19-8(20)4-23-7/h1-3H,4H2,(H,19,20). The number of rotatable bonds is 3. The zero-order valence-corrected chi connectivity index (χ0v) is 11.9. The highest BCUT2D eigenvalue weighted by Crippen LogP contribution is 2.51. The molecule has 0 radical (unpaired) electrons. The smallest absolute Gasteiger partial charge is 0.461 e. The van der Waals surface area contributed by atoms with E-state index in [9.17, 15) is 43.9 Å². The lowest BCUT2D eigenvalue weighted by atomic mass is 10.2. The number of carbonyl (C=O) groups excluding carboxylic acids is 1. The van der Waals surface area contributed by atoms with Crippen LogP contribution in [0.1, 0.15) is 0 Å². The maximum absolute atomic E-state index is 13.5. The van der Waals surface area contributed by atoms with E-state index in [0.29, 0.717) is 12.1 Å². The molecule has 0 saturated heterocycles. The van der Waals surface area contributed by atoms with E-state index in [-0.39, 0.29) is 5.75 Å². The number of hydrogen-bond donors (Lipinski definition) is 1. The minimum absolute atomic E-state index is 0.167. The summed E-state index contributed by atoms with van der Waals surface area (Å²) in [7, 11) is -6.44. The second-order valence-electron chi connectivity index (χ2n) is 4.59. The second-order valence-corrected chi connectivity index (χ2v) is 6.58. The lowest BCUT2D eigenvalue weighted by Crippen LogP contribution is -2.55. The maximum atomic E-state index is 13.5. The Morgan fingerprint density at radius 3 is 2.17 bits per heavy atom. The van der Waals surface area contributed by atoms with E-state index in [1.807, 2.05) is 5.32 Å². The Morgan fingerprint density at radius 1 is 1.04 bits per heavy atom. The van der Waals surface area contributed by atoms with Crippen molar-refractivity contribution in [3.8, 4) is 5.75 Å². The van der Waals surface area contributed by atoms with Crippen LogP contribution in [0.25, 0.3) is 0 Å². The summed E-state index contributed by atoms with van der Waals surface area (Å²) in [5.74, 6) is -7.79. The van der Waals surface area contributed by atoms with Crippen LogP contribution in [-0.2, 0) is 14.6 Å². The van der Waals surface area contributed by atoms with E-state index < -0.39 is 50.3 Å². The van der Waals surface area contributed by atoms with Crippen molar-refractivity contribution in [2.24, 2.45) is 0 Å². The van der Waals surface area contributed by atoms with Crippen molar-refractivity contribution in [1.82, 2.24) is 0 Å². The van der Waals surface area contributed by atoms with Crippen LogP contribution in [-0.4, -0.2) is 38.3 Å². The molecule has 1 heterocycles. The van der Waals surface area contributed by atoms with E-state index in [1.165, 1.54) is 0 Å². The van der Waals surface area contributed by atoms with E-state index >= 15 is 0 Å². The van der Waals surface area contributed by atoms with Gasteiger partial charge in [-0.15, -0.1) is 0 Å². The van der Waals surface area contributed by atoms with E-state index in [4.69, 9.17) is 4.74 Å². The monoisotopic (exact) mass is 381 g/mol. The molecule has 5 nitrogen and oxygen atoms in total. The molecule has 1 amide bonds. The van der Waals surface area contributed by atoms with Gasteiger partial charge < -0.3 is 10.1 Å². The number of benzene rings is 1. The number of halogens is 7.